The van der Waals surface area contributed by atoms with E-state index in [1.165, 1.54) is 0 Å². The van der Waals surface area contributed by atoms with Gasteiger partial charge in [0.15, 0.2) is 0 Å². The van der Waals surface area contributed by atoms with Crippen LogP contribution in [0.1, 0.15) is 0 Å². The summed E-state index contributed by atoms with van der Waals surface area (Å²) in [7, 11) is 0. The molecule has 2 N–H and O–H groups in total. The van der Waals surface area contributed by atoms with E-state index >= 15 is 0 Å². The topological polar surface area (TPSA) is 29.3 Å². The van der Waals surface area contributed by atoms with Gasteiger partial charge in [-0.25, -0.2) is 0 Å². The van der Waals surface area contributed by atoms with Crippen molar-refractivity contribution in [1.29, 1.82) is 0 Å². The Balaban J connectivity index is 2.35. The molecule has 0 aliphatic carbocycles. The number of hydrogen-bond donors (Lipinski definition) is 1. The van der Waals surface area contributed by atoms with Crippen molar-refractivity contribution in [2.24, 2.45) is 5.73 Å². The van der Waals surface area contributed by atoms with Gasteiger partial charge in [0.05, 0.1) is 6.17 Å². The van der Waals surface area contributed by atoms with Gasteiger partial charge in [0, 0.05) is 13.1 Å². The summed E-state index contributed by atoms with van der Waals surface area (Å²) in [6, 6.07) is 0. The van der Waals surface area contributed by atoms with E-state index in [4.69, 9.17) is 5.73 Å². The Kier molecular flexibility index (Phi) is 2.03. The maximum Gasteiger partial charge on any atom is 0.0766 e. The maximum absolute atomic E-state index is 5.65. The molecular weight excluding hydrogens is 112 g/mol. The number of hydrogen-bond acceptors (Lipinski definition) is 2. The van der Waals surface area contributed by atoms with E-state index in [1.807, 2.05) is 0 Å². The molecule has 1 rings (SSSR count). The third-order valence-corrected chi connectivity index (χ3v) is 1.51. The summed E-state index contributed by atoms with van der Waals surface area (Å²) in [5.41, 5.74) is 5.65. The molecule has 1 heterocycles. The highest BCUT2D eigenvalue weighted by Gasteiger charge is 2.10. The van der Waals surface area contributed by atoms with Crippen LogP contribution in [0.15, 0.2) is 24.8 Å². The highest BCUT2D eigenvalue weighted by Crippen LogP contribution is 2.00. The number of nitrogens with zero attached hydrogens (tertiary/aromatic N) is 1. The minimum Gasteiger partial charge on any atom is -0.312 e. The van der Waals surface area contributed by atoms with E-state index in [-0.39, 0.29) is 6.17 Å². The summed E-state index contributed by atoms with van der Waals surface area (Å²) in [5, 5.41) is 0. The molecule has 2 heteroatoms. The van der Waals surface area contributed by atoms with E-state index < -0.39 is 0 Å². The van der Waals surface area contributed by atoms with Crippen molar-refractivity contribution in [2.75, 3.05) is 13.1 Å². The Labute approximate surface area is 55.6 Å². The predicted octanol–water partition coefficient (Wildman–Crippen LogP) is 0.329. The van der Waals surface area contributed by atoms with Gasteiger partial charge < -0.3 is 5.73 Å². The van der Waals surface area contributed by atoms with Crippen LogP contribution in [0.5, 0.6) is 0 Å². The normalized spacial score (nSPS) is 22.3. The fourth-order valence-corrected chi connectivity index (χ4v) is 0.887. The summed E-state index contributed by atoms with van der Waals surface area (Å²) in [6.45, 7) is 5.54. The summed E-state index contributed by atoms with van der Waals surface area (Å²) in [4.78, 5) is 2.13. The highest BCUT2D eigenvalue weighted by molar-refractivity contribution is 4.99. The molecule has 0 aromatic rings. The van der Waals surface area contributed by atoms with Gasteiger partial charge in [0.25, 0.3) is 0 Å². The molecule has 1 aliphatic rings. The van der Waals surface area contributed by atoms with Crippen LogP contribution in [0.2, 0.25) is 0 Å². The average Bonchev–Trinajstić information content (AvgIpc) is 2.37. The lowest BCUT2D eigenvalue weighted by molar-refractivity contribution is 0.302. The van der Waals surface area contributed by atoms with Crippen LogP contribution in [0.3, 0.4) is 0 Å². The minimum absolute atomic E-state index is 0.0278. The summed E-state index contributed by atoms with van der Waals surface area (Å²) < 4.78 is 0. The zero-order valence-electron chi connectivity index (χ0n) is 5.46. The van der Waals surface area contributed by atoms with Crippen LogP contribution in [-0.4, -0.2) is 24.2 Å². The van der Waals surface area contributed by atoms with Gasteiger partial charge in [0.2, 0.25) is 0 Å². The Morgan fingerprint density at radius 2 is 2.11 bits per heavy atom. The molecule has 0 spiro atoms. The lowest BCUT2D eigenvalue weighted by Crippen LogP contribution is -2.38. The average molecular weight is 124 g/mol. The van der Waals surface area contributed by atoms with Crippen molar-refractivity contribution >= 4 is 0 Å². The van der Waals surface area contributed by atoms with Gasteiger partial charge in [-0.15, -0.1) is 6.58 Å². The number of nitrogens with two attached hydrogens (primary N) is 1. The van der Waals surface area contributed by atoms with Gasteiger partial charge in [-0.1, -0.05) is 18.2 Å². The van der Waals surface area contributed by atoms with E-state index in [2.05, 4.69) is 23.6 Å². The first-order valence-corrected chi connectivity index (χ1v) is 3.12. The molecule has 0 amide bonds. The first kappa shape index (κ1) is 6.52. The lowest BCUT2D eigenvalue weighted by Gasteiger charge is -2.19. The largest absolute Gasteiger partial charge is 0.312 e. The van der Waals surface area contributed by atoms with Crippen LogP contribution in [0, 0.1) is 0 Å². The van der Waals surface area contributed by atoms with Crippen molar-refractivity contribution in [3.63, 3.8) is 0 Å². The van der Waals surface area contributed by atoms with E-state index in [0.29, 0.717) is 0 Å². The molecule has 50 valence electrons. The predicted molar refractivity (Wildman–Crippen MR) is 38.9 cm³/mol. The van der Waals surface area contributed by atoms with Crippen molar-refractivity contribution in [2.45, 2.75) is 6.17 Å². The second kappa shape index (κ2) is 2.80. The van der Waals surface area contributed by atoms with Gasteiger partial charge >= 0.3 is 0 Å². The van der Waals surface area contributed by atoms with Crippen molar-refractivity contribution in [1.82, 2.24) is 4.90 Å². The van der Waals surface area contributed by atoms with Gasteiger partial charge in [-0.3, -0.25) is 4.90 Å². The van der Waals surface area contributed by atoms with Gasteiger partial charge in [-0.05, 0) is 0 Å². The second-order valence-corrected chi connectivity index (χ2v) is 2.15. The third kappa shape index (κ3) is 1.40. The van der Waals surface area contributed by atoms with Crippen molar-refractivity contribution in [3.8, 4) is 0 Å². The molecule has 0 radical (unpaired) electrons. The SMILES string of the molecule is C=CC(N)N1CC=CC1. The fourth-order valence-electron chi connectivity index (χ4n) is 0.887. The van der Waals surface area contributed by atoms with Crippen molar-refractivity contribution < 1.29 is 0 Å². The molecule has 0 fully saturated rings. The Hall–Kier alpha value is -0.600. The fraction of sp³-hybridized carbons (Fsp3) is 0.429. The van der Waals surface area contributed by atoms with E-state index in [1.54, 1.807) is 6.08 Å². The molecule has 2 nitrogen and oxygen atoms in total. The first-order valence-electron chi connectivity index (χ1n) is 3.12. The molecule has 1 unspecified atom stereocenters. The van der Waals surface area contributed by atoms with Crippen LogP contribution in [0.4, 0.5) is 0 Å². The molecule has 1 atom stereocenters. The smallest absolute Gasteiger partial charge is 0.0766 e. The summed E-state index contributed by atoms with van der Waals surface area (Å²) in [5.74, 6) is 0. The molecule has 9 heavy (non-hydrogen) atoms. The Bertz CT molecular complexity index is 121. The summed E-state index contributed by atoms with van der Waals surface area (Å²) in [6.07, 6.45) is 6.01. The molecular formula is C7H12N2. The van der Waals surface area contributed by atoms with Crippen molar-refractivity contribution in [3.05, 3.63) is 24.8 Å². The van der Waals surface area contributed by atoms with Crippen LogP contribution in [-0.2, 0) is 0 Å². The molecule has 1 aliphatic heterocycles. The number of rotatable bonds is 2. The zero-order chi connectivity index (χ0) is 6.69. The zero-order valence-corrected chi connectivity index (χ0v) is 5.46. The molecule has 0 aromatic heterocycles. The van der Waals surface area contributed by atoms with E-state index in [0.717, 1.165) is 13.1 Å². The third-order valence-electron chi connectivity index (χ3n) is 1.51. The summed E-state index contributed by atoms with van der Waals surface area (Å²) >= 11 is 0. The van der Waals surface area contributed by atoms with Crippen LogP contribution >= 0.6 is 0 Å². The molecule has 0 saturated heterocycles. The molecule has 0 saturated carbocycles. The first-order chi connectivity index (χ1) is 4.34. The lowest BCUT2D eigenvalue weighted by atomic mass is 10.4. The minimum atomic E-state index is 0.0278. The standard InChI is InChI=1S/C7H12N2/c1-2-7(8)9-5-3-4-6-9/h2-4,7H,1,5-6,8H2. The molecule has 0 aromatic carbocycles. The maximum atomic E-state index is 5.65. The van der Waals surface area contributed by atoms with E-state index in [9.17, 15) is 0 Å². The van der Waals surface area contributed by atoms with Gasteiger partial charge in [-0.2, -0.15) is 0 Å². The monoisotopic (exact) mass is 124 g/mol. The molecule has 0 bridgehead atoms. The quantitative estimate of drug-likeness (QED) is 0.537. The Morgan fingerprint density at radius 3 is 2.56 bits per heavy atom. The van der Waals surface area contributed by atoms with Gasteiger partial charge in [0.1, 0.15) is 0 Å². The Morgan fingerprint density at radius 1 is 1.56 bits per heavy atom. The second-order valence-electron chi connectivity index (χ2n) is 2.15. The van der Waals surface area contributed by atoms with Crippen LogP contribution < -0.4 is 5.73 Å². The van der Waals surface area contributed by atoms with Crippen LogP contribution in [0.25, 0.3) is 0 Å². The highest BCUT2D eigenvalue weighted by atomic mass is 15.2.